The summed E-state index contributed by atoms with van der Waals surface area (Å²) >= 11 is 0. The second kappa shape index (κ2) is 9.87. The molecule has 0 aliphatic rings. The van der Waals surface area contributed by atoms with Gasteiger partial charge >= 0.3 is 0 Å². The molecular weight excluding hydrogens is 424 g/mol. The zero-order valence-corrected chi connectivity index (χ0v) is 19.6. The lowest BCUT2D eigenvalue weighted by molar-refractivity contribution is 0.0947. The molecule has 0 aliphatic heterocycles. The van der Waals surface area contributed by atoms with Crippen molar-refractivity contribution in [3.8, 4) is 5.75 Å². The van der Waals surface area contributed by atoms with Crippen LogP contribution in [0.3, 0.4) is 0 Å². The van der Waals surface area contributed by atoms with Gasteiger partial charge in [0.05, 0.1) is 17.1 Å². The fraction of sp³-hybridized carbons (Fsp3) is 0.240. The van der Waals surface area contributed by atoms with Gasteiger partial charge in [0.25, 0.3) is 15.9 Å². The lowest BCUT2D eigenvalue weighted by Crippen LogP contribution is -2.28. The van der Waals surface area contributed by atoms with Crippen LogP contribution in [0.4, 0.5) is 5.69 Å². The van der Waals surface area contributed by atoms with Gasteiger partial charge in [-0.3, -0.25) is 9.10 Å². The normalized spacial score (nSPS) is 11.1. The highest BCUT2D eigenvalue weighted by Crippen LogP contribution is 2.23. The van der Waals surface area contributed by atoms with Gasteiger partial charge < -0.3 is 10.1 Å². The second-order valence-electron chi connectivity index (χ2n) is 7.63. The zero-order valence-electron chi connectivity index (χ0n) is 18.8. The van der Waals surface area contributed by atoms with E-state index in [1.807, 2.05) is 39.0 Å². The standard InChI is InChI=1S/C25H28N2O4S/c1-18-8-14-23(15-9-18)32(29,30)27(4)22-12-10-21(11-13-22)25(28)26-16-17-31-24-7-5-6-19(2)20(24)3/h5-15H,16-17H2,1-4H3,(H,26,28). The van der Waals surface area contributed by atoms with Crippen LogP contribution in [0.25, 0.3) is 0 Å². The minimum absolute atomic E-state index is 0.219. The van der Waals surface area contributed by atoms with Gasteiger partial charge in [-0.25, -0.2) is 8.42 Å². The molecule has 168 valence electrons. The van der Waals surface area contributed by atoms with Crippen LogP contribution in [0.1, 0.15) is 27.0 Å². The third-order valence-corrected chi connectivity index (χ3v) is 7.17. The summed E-state index contributed by atoms with van der Waals surface area (Å²) < 4.78 is 32.6. The summed E-state index contributed by atoms with van der Waals surface area (Å²) in [6.07, 6.45) is 0. The molecule has 0 heterocycles. The third-order valence-electron chi connectivity index (χ3n) is 5.37. The molecule has 0 radical (unpaired) electrons. The number of carbonyl (C=O) groups excluding carboxylic acids is 1. The smallest absolute Gasteiger partial charge is 0.264 e. The fourth-order valence-corrected chi connectivity index (χ4v) is 4.33. The third kappa shape index (κ3) is 5.29. The van der Waals surface area contributed by atoms with Gasteiger partial charge in [0.1, 0.15) is 12.4 Å². The summed E-state index contributed by atoms with van der Waals surface area (Å²) in [5.74, 6) is 0.562. The van der Waals surface area contributed by atoms with Crippen molar-refractivity contribution in [2.75, 3.05) is 24.5 Å². The molecule has 1 N–H and O–H groups in total. The fourth-order valence-electron chi connectivity index (χ4n) is 3.14. The first-order valence-electron chi connectivity index (χ1n) is 10.3. The monoisotopic (exact) mass is 452 g/mol. The van der Waals surface area contributed by atoms with Crippen LogP contribution in [-0.2, 0) is 10.0 Å². The summed E-state index contributed by atoms with van der Waals surface area (Å²) in [6.45, 7) is 6.64. The van der Waals surface area contributed by atoms with E-state index >= 15 is 0 Å². The minimum atomic E-state index is -3.68. The highest BCUT2D eigenvalue weighted by atomic mass is 32.2. The SMILES string of the molecule is Cc1ccc(S(=O)(=O)N(C)c2ccc(C(=O)NCCOc3cccc(C)c3C)cc2)cc1. The first-order valence-corrected chi connectivity index (χ1v) is 11.8. The summed E-state index contributed by atoms with van der Waals surface area (Å²) in [7, 11) is -2.18. The molecule has 0 aliphatic carbocycles. The van der Waals surface area contributed by atoms with E-state index in [0.29, 0.717) is 24.4 Å². The van der Waals surface area contributed by atoms with Gasteiger partial charge in [-0.1, -0.05) is 29.8 Å². The summed E-state index contributed by atoms with van der Waals surface area (Å²) in [5.41, 5.74) is 4.14. The quantitative estimate of drug-likeness (QED) is 0.519. The van der Waals surface area contributed by atoms with Crippen LogP contribution in [0.5, 0.6) is 5.75 Å². The van der Waals surface area contributed by atoms with Crippen molar-refractivity contribution < 1.29 is 17.9 Å². The lowest BCUT2D eigenvalue weighted by atomic mass is 10.1. The van der Waals surface area contributed by atoms with Crippen molar-refractivity contribution in [1.82, 2.24) is 5.32 Å². The number of carbonyl (C=O) groups is 1. The molecule has 3 aromatic carbocycles. The van der Waals surface area contributed by atoms with E-state index in [0.717, 1.165) is 22.4 Å². The first-order chi connectivity index (χ1) is 15.2. The highest BCUT2D eigenvalue weighted by molar-refractivity contribution is 7.92. The number of ether oxygens (including phenoxy) is 1. The Kier molecular flexibility index (Phi) is 7.20. The number of nitrogens with zero attached hydrogens (tertiary/aromatic N) is 1. The Morgan fingerprint density at radius 1 is 0.938 bits per heavy atom. The Morgan fingerprint density at radius 3 is 2.25 bits per heavy atom. The van der Waals surface area contributed by atoms with E-state index in [1.54, 1.807) is 48.5 Å². The molecule has 0 spiro atoms. The Bertz CT molecular complexity index is 1190. The van der Waals surface area contributed by atoms with Crippen LogP contribution in [0.2, 0.25) is 0 Å². The van der Waals surface area contributed by atoms with Gasteiger partial charge in [-0.05, 0) is 74.4 Å². The number of sulfonamides is 1. The highest BCUT2D eigenvalue weighted by Gasteiger charge is 2.21. The number of hydrogen-bond donors (Lipinski definition) is 1. The predicted octanol–water partition coefficient (Wildman–Crippen LogP) is 4.25. The number of amides is 1. The van der Waals surface area contributed by atoms with Gasteiger partial charge in [-0.15, -0.1) is 0 Å². The van der Waals surface area contributed by atoms with Crippen LogP contribution >= 0.6 is 0 Å². The van der Waals surface area contributed by atoms with Crippen molar-refractivity contribution in [3.05, 3.63) is 89.0 Å². The van der Waals surface area contributed by atoms with Crippen molar-refractivity contribution in [2.24, 2.45) is 0 Å². The summed E-state index contributed by atoms with van der Waals surface area (Å²) in [5, 5.41) is 2.82. The Hall–Kier alpha value is -3.32. The molecule has 7 heteroatoms. The van der Waals surface area contributed by atoms with Gasteiger partial charge in [-0.2, -0.15) is 0 Å². The maximum atomic E-state index is 12.8. The van der Waals surface area contributed by atoms with Gasteiger partial charge in [0, 0.05) is 12.6 Å². The molecule has 0 aromatic heterocycles. The van der Waals surface area contributed by atoms with Gasteiger partial charge in [0.2, 0.25) is 0 Å². The van der Waals surface area contributed by atoms with E-state index in [1.165, 1.54) is 11.4 Å². The molecule has 0 saturated heterocycles. The Labute approximate surface area is 189 Å². The van der Waals surface area contributed by atoms with E-state index in [2.05, 4.69) is 5.32 Å². The lowest BCUT2D eigenvalue weighted by Gasteiger charge is -2.20. The average Bonchev–Trinajstić information content (AvgIpc) is 2.79. The number of nitrogens with one attached hydrogen (secondary N) is 1. The molecular formula is C25H28N2O4S. The van der Waals surface area contributed by atoms with E-state index in [9.17, 15) is 13.2 Å². The van der Waals surface area contributed by atoms with Crippen LogP contribution < -0.4 is 14.4 Å². The molecule has 3 rings (SSSR count). The molecule has 0 atom stereocenters. The Balaban J connectivity index is 1.58. The van der Waals surface area contributed by atoms with Crippen LogP contribution in [0.15, 0.2) is 71.6 Å². The van der Waals surface area contributed by atoms with E-state index in [4.69, 9.17) is 4.74 Å². The molecule has 0 unspecified atom stereocenters. The molecule has 3 aromatic rings. The summed E-state index contributed by atoms with van der Waals surface area (Å²) in [4.78, 5) is 12.6. The van der Waals surface area contributed by atoms with E-state index in [-0.39, 0.29) is 10.8 Å². The Morgan fingerprint density at radius 2 is 1.59 bits per heavy atom. The number of aryl methyl sites for hydroxylation is 2. The van der Waals surface area contributed by atoms with Gasteiger partial charge in [0.15, 0.2) is 0 Å². The van der Waals surface area contributed by atoms with E-state index < -0.39 is 10.0 Å². The van der Waals surface area contributed by atoms with Crippen molar-refractivity contribution >= 4 is 21.6 Å². The number of hydrogen-bond acceptors (Lipinski definition) is 4. The molecule has 0 saturated carbocycles. The minimum Gasteiger partial charge on any atom is -0.491 e. The van der Waals surface area contributed by atoms with Crippen LogP contribution in [-0.4, -0.2) is 34.5 Å². The zero-order chi connectivity index (χ0) is 23.3. The molecule has 32 heavy (non-hydrogen) atoms. The number of benzene rings is 3. The first kappa shape index (κ1) is 23.3. The van der Waals surface area contributed by atoms with Crippen molar-refractivity contribution in [3.63, 3.8) is 0 Å². The number of anilines is 1. The molecule has 0 fully saturated rings. The maximum absolute atomic E-state index is 12.8. The predicted molar refractivity (Wildman–Crippen MR) is 127 cm³/mol. The molecule has 0 bridgehead atoms. The second-order valence-corrected chi connectivity index (χ2v) is 9.60. The number of rotatable bonds is 8. The molecule has 1 amide bonds. The largest absolute Gasteiger partial charge is 0.491 e. The maximum Gasteiger partial charge on any atom is 0.264 e. The molecule has 6 nitrogen and oxygen atoms in total. The van der Waals surface area contributed by atoms with Crippen LogP contribution in [0, 0.1) is 20.8 Å². The topological polar surface area (TPSA) is 75.7 Å². The average molecular weight is 453 g/mol. The summed E-state index contributed by atoms with van der Waals surface area (Å²) in [6, 6.07) is 19.0. The van der Waals surface area contributed by atoms with Crippen molar-refractivity contribution in [1.29, 1.82) is 0 Å². The van der Waals surface area contributed by atoms with Crippen molar-refractivity contribution in [2.45, 2.75) is 25.7 Å².